The monoisotopic (exact) mass is 596 g/mol. The van der Waals surface area contributed by atoms with E-state index in [-0.39, 0.29) is 24.8 Å². The second-order valence-corrected chi connectivity index (χ2v) is 11.0. The zero-order valence-corrected chi connectivity index (χ0v) is 23.8. The molecule has 0 bridgehead atoms. The number of aromatic nitrogens is 1. The first-order valence-electron chi connectivity index (χ1n) is 13.5. The summed E-state index contributed by atoms with van der Waals surface area (Å²) in [6.45, 7) is 4.77. The van der Waals surface area contributed by atoms with Crippen molar-refractivity contribution in [2.24, 2.45) is 0 Å². The molecule has 0 atom stereocenters. The van der Waals surface area contributed by atoms with Crippen molar-refractivity contribution in [3.63, 3.8) is 0 Å². The predicted molar refractivity (Wildman–Crippen MR) is 158 cm³/mol. The number of benzene rings is 2. The van der Waals surface area contributed by atoms with Crippen LogP contribution < -0.4 is 10.2 Å². The summed E-state index contributed by atoms with van der Waals surface area (Å²) in [6, 6.07) is 15.3. The van der Waals surface area contributed by atoms with Gasteiger partial charge in [0.2, 0.25) is 0 Å². The summed E-state index contributed by atoms with van der Waals surface area (Å²) in [5.41, 5.74) is 2.08. The number of halogens is 3. The van der Waals surface area contributed by atoms with Gasteiger partial charge < -0.3 is 15.1 Å². The number of likely N-dealkylation sites (tertiary alicyclic amines) is 1. The Kier molecular flexibility index (Phi) is 9.03. The van der Waals surface area contributed by atoms with Crippen LogP contribution in [0.4, 0.5) is 10.2 Å². The maximum atomic E-state index is 13.7. The van der Waals surface area contributed by atoms with Crippen molar-refractivity contribution in [1.82, 2.24) is 20.1 Å². The van der Waals surface area contributed by atoms with E-state index < -0.39 is 5.82 Å². The minimum absolute atomic E-state index is 0. The zero-order chi connectivity index (χ0) is 28.9. The molecule has 0 aliphatic carbocycles. The molecule has 214 valence electrons. The Balaban J connectivity index is 0.00000405. The number of hydrogen-bond donors (Lipinski definition) is 1. The number of pyridine rings is 1. The molecule has 41 heavy (non-hydrogen) atoms. The van der Waals surface area contributed by atoms with Crippen LogP contribution in [0.2, 0.25) is 10.0 Å². The predicted octanol–water partition coefficient (Wildman–Crippen LogP) is 5.00. The highest BCUT2D eigenvalue weighted by Crippen LogP contribution is 2.27. The number of anilines is 1. The number of nitrogens with one attached hydrogen (secondary N) is 1. The Morgan fingerprint density at radius 3 is 2.32 bits per heavy atom. The summed E-state index contributed by atoms with van der Waals surface area (Å²) in [7, 11) is 0. The van der Waals surface area contributed by atoms with Crippen molar-refractivity contribution in [1.29, 1.82) is 5.26 Å². The number of nitrogens with zero attached hydrogens (tertiary/aromatic N) is 5. The topological polar surface area (TPSA) is 92.6 Å². The highest BCUT2D eigenvalue weighted by atomic mass is 35.5. The Labute approximate surface area is 249 Å². The van der Waals surface area contributed by atoms with Crippen LogP contribution in [0.25, 0.3) is 0 Å². The molecule has 2 amide bonds. The fraction of sp³-hybridized carbons (Fsp3) is 0.333. The first kappa shape index (κ1) is 28.8. The fourth-order valence-electron chi connectivity index (χ4n) is 5.32. The number of hydrogen-bond acceptors (Lipinski definition) is 6. The molecule has 3 heterocycles. The lowest BCUT2D eigenvalue weighted by molar-refractivity contribution is 0.0610. The zero-order valence-electron chi connectivity index (χ0n) is 22.3. The van der Waals surface area contributed by atoms with Gasteiger partial charge in [0.05, 0.1) is 27.2 Å². The molecule has 2 aliphatic rings. The van der Waals surface area contributed by atoms with E-state index >= 15 is 0 Å². The summed E-state index contributed by atoms with van der Waals surface area (Å²) < 4.78 is 13.7. The Morgan fingerprint density at radius 1 is 0.976 bits per heavy atom. The van der Waals surface area contributed by atoms with Crippen molar-refractivity contribution in [3.05, 3.63) is 92.8 Å². The van der Waals surface area contributed by atoms with Crippen LogP contribution in [-0.4, -0.2) is 71.9 Å². The van der Waals surface area contributed by atoms with Gasteiger partial charge in [0.25, 0.3) is 11.8 Å². The summed E-state index contributed by atoms with van der Waals surface area (Å²) in [5, 5.41) is 12.2. The average Bonchev–Trinajstić information content (AvgIpc) is 3.01. The highest BCUT2D eigenvalue weighted by Gasteiger charge is 2.30. The van der Waals surface area contributed by atoms with Crippen LogP contribution in [0.15, 0.2) is 54.7 Å². The Hall–Kier alpha value is -3.71. The van der Waals surface area contributed by atoms with Gasteiger partial charge in [0, 0.05) is 65.0 Å². The van der Waals surface area contributed by atoms with Gasteiger partial charge in [-0.3, -0.25) is 14.5 Å². The van der Waals surface area contributed by atoms with Crippen molar-refractivity contribution >= 4 is 40.8 Å². The van der Waals surface area contributed by atoms with Crippen LogP contribution in [0, 0.1) is 17.1 Å². The van der Waals surface area contributed by atoms with Gasteiger partial charge in [0.15, 0.2) is 0 Å². The second-order valence-electron chi connectivity index (χ2n) is 10.2. The fourth-order valence-corrected chi connectivity index (χ4v) is 5.73. The first-order chi connectivity index (χ1) is 19.8. The lowest BCUT2D eigenvalue weighted by Gasteiger charge is -2.43. The molecule has 0 spiro atoms. The number of piperazine rings is 1. The minimum Gasteiger partial charge on any atom is -0.353 e. The molecule has 5 rings (SSSR count). The van der Waals surface area contributed by atoms with Crippen LogP contribution in [-0.2, 0) is 6.54 Å². The van der Waals surface area contributed by atoms with Gasteiger partial charge >= 0.3 is 0 Å². The summed E-state index contributed by atoms with van der Waals surface area (Å²) >= 11 is 12.3. The molecule has 2 saturated heterocycles. The number of piperidine rings is 1. The van der Waals surface area contributed by atoms with E-state index in [0.29, 0.717) is 52.2 Å². The Bertz CT molecular complexity index is 1470. The first-order valence-corrected chi connectivity index (χ1v) is 14.2. The second kappa shape index (κ2) is 12.9. The number of rotatable bonds is 6. The van der Waals surface area contributed by atoms with Gasteiger partial charge in [-0.1, -0.05) is 29.3 Å². The molecular formula is C30H31Cl2FN6O2. The molecule has 0 radical (unpaired) electrons. The molecule has 8 nitrogen and oxygen atoms in total. The largest absolute Gasteiger partial charge is 0.353 e. The smallest absolute Gasteiger partial charge is 0.253 e. The van der Waals surface area contributed by atoms with Crippen molar-refractivity contribution < 1.29 is 15.4 Å². The Morgan fingerprint density at radius 2 is 1.68 bits per heavy atom. The van der Waals surface area contributed by atoms with E-state index in [4.69, 9.17) is 28.5 Å². The molecule has 1 N–H and O–H groups in total. The number of amides is 2. The third-order valence-corrected chi connectivity index (χ3v) is 8.25. The quantitative estimate of drug-likeness (QED) is 0.430. The van der Waals surface area contributed by atoms with Crippen molar-refractivity contribution in [2.75, 3.05) is 44.2 Å². The standard InChI is InChI=1S/C30H29Cl2FN6O2.H2/c31-25-6-3-21(15-27(25)33)18-36-29(40)23-16-26(32)28(35-19-23)38-13-11-37(12-14-38)24-7-9-39(10-8-24)30(41)22-4-1-20(17-34)2-5-22;/h1-6,15-16,19,24H,7-14,18H2,(H,36,40);1H. The van der Waals surface area contributed by atoms with Gasteiger partial charge in [0.1, 0.15) is 11.6 Å². The van der Waals surface area contributed by atoms with E-state index in [0.717, 1.165) is 39.0 Å². The van der Waals surface area contributed by atoms with Gasteiger partial charge in [-0.05, 0) is 60.9 Å². The van der Waals surface area contributed by atoms with E-state index in [1.54, 1.807) is 36.4 Å². The van der Waals surface area contributed by atoms with Gasteiger partial charge in [-0.15, -0.1) is 0 Å². The summed E-state index contributed by atoms with van der Waals surface area (Å²) in [5.74, 6) is -0.233. The normalized spacial score (nSPS) is 16.3. The number of nitriles is 1. The molecule has 2 aliphatic heterocycles. The lowest BCUT2D eigenvalue weighted by Crippen LogP contribution is -2.54. The van der Waals surface area contributed by atoms with Crippen LogP contribution in [0.5, 0.6) is 0 Å². The molecular weight excluding hydrogens is 566 g/mol. The third-order valence-electron chi connectivity index (χ3n) is 7.66. The molecule has 3 aromatic rings. The maximum absolute atomic E-state index is 13.7. The third kappa shape index (κ3) is 6.79. The van der Waals surface area contributed by atoms with Crippen LogP contribution >= 0.6 is 23.2 Å². The summed E-state index contributed by atoms with van der Waals surface area (Å²) in [6.07, 6.45) is 3.33. The average molecular weight is 598 g/mol. The van der Waals surface area contributed by atoms with E-state index in [1.165, 1.54) is 18.3 Å². The highest BCUT2D eigenvalue weighted by molar-refractivity contribution is 6.33. The van der Waals surface area contributed by atoms with E-state index in [1.807, 2.05) is 4.90 Å². The van der Waals surface area contributed by atoms with Crippen molar-refractivity contribution in [2.45, 2.75) is 25.4 Å². The van der Waals surface area contributed by atoms with Gasteiger partial charge in [-0.25, -0.2) is 9.37 Å². The van der Waals surface area contributed by atoms with Crippen LogP contribution in [0.3, 0.4) is 0 Å². The van der Waals surface area contributed by atoms with Crippen LogP contribution in [0.1, 0.15) is 46.1 Å². The van der Waals surface area contributed by atoms with E-state index in [9.17, 15) is 14.0 Å². The molecule has 0 unspecified atom stereocenters. The molecule has 0 saturated carbocycles. The molecule has 1 aromatic heterocycles. The SMILES string of the molecule is N#Cc1ccc(C(=O)N2CCC(N3CCN(c4ncc(C(=O)NCc5ccc(Cl)c(F)c5)cc4Cl)CC3)CC2)cc1.[HH]. The number of carbonyl (C=O) groups is 2. The maximum Gasteiger partial charge on any atom is 0.253 e. The number of carbonyl (C=O) groups excluding carboxylic acids is 2. The molecule has 2 aromatic carbocycles. The lowest BCUT2D eigenvalue weighted by atomic mass is 10.0. The molecule has 2 fully saturated rings. The molecule has 11 heteroatoms. The van der Waals surface area contributed by atoms with Crippen molar-refractivity contribution in [3.8, 4) is 6.07 Å². The van der Waals surface area contributed by atoms with E-state index in [2.05, 4.69) is 26.2 Å². The minimum atomic E-state index is -0.534. The van der Waals surface area contributed by atoms with Gasteiger partial charge in [-0.2, -0.15) is 5.26 Å². The summed E-state index contributed by atoms with van der Waals surface area (Å²) in [4.78, 5) is 36.4.